The molecular weight excluding hydrogens is 603 g/mol. The first-order valence-electron chi connectivity index (χ1n) is 17.2. The number of pyridine rings is 1. The van der Waals surface area contributed by atoms with Crippen molar-refractivity contribution < 1.29 is 0 Å². The third kappa shape index (κ3) is 4.67. The topological polar surface area (TPSA) is 12.9 Å². The smallest absolute Gasteiger partial charge is 0.0715 e. The van der Waals surface area contributed by atoms with Gasteiger partial charge in [-0.1, -0.05) is 158 Å². The predicted octanol–water partition coefficient (Wildman–Crippen LogP) is 13.5. The lowest BCUT2D eigenvalue weighted by molar-refractivity contribution is 1.33. The summed E-state index contributed by atoms with van der Waals surface area (Å²) in [5.41, 5.74) is 9.12. The molecule has 0 amide bonds. The first kappa shape index (κ1) is 28.4. The number of hydrogen-bond acceptors (Lipinski definition) is 1. The zero-order valence-corrected chi connectivity index (χ0v) is 27.3. The molecule has 232 valence electrons. The van der Waals surface area contributed by atoms with E-state index in [2.05, 4.69) is 188 Å². The van der Waals surface area contributed by atoms with Gasteiger partial charge in [0.2, 0.25) is 0 Å². The van der Waals surface area contributed by atoms with Crippen LogP contribution in [0.25, 0.3) is 98.6 Å². The van der Waals surface area contributed by atoms with Gasteiger partial charge in [-0.3, -0.25) is 0 Å². The van der Waals surface area contributed by atoms with Crippen LogP contribution in [0.15, 0.2) is 188 Å². The summed E-state index contributed by atoms with van der Waals surface area (Å²) in [5, 5.41) is 12.3. The van der Waals surface area contributed by atoms with Crippen LogP contribution in [0.2, 0.25) is 0 Å². The van der Waals surface area contributed by atoms with E-state index in [1.165, 1.54) is 76.1 Å². The average Bonchev–Trinajstić information content (AvgIpc) is 3.19. The van der Waals surface area contributed by atoms with Gasteiger partial charge in [0.25, 0.3) is 0 Å². The third-order valence-electron chi connectivity index (χ3n) is 10.2. The summed E-state index contributed by atoms with van der Waals surface area (Å²) in [6.45, 7) is 0. The van der Waals surface area contributed by atoms with Crippen LogP contribution in [-0.2, 0) is 0 Å². The van der Waals surface area contributed by atoms with Gasteiger partial charge >= 0.3 is 0 Å². The fraction of sp³-hybridized carbons (Fsp3) is 0. The average molecular weight is 634 g/mol. The Morgan fingerprint density at radius 2 is 0.740 bits per heavy atom. The Labute approximate surface area is 290 Å². The molecular formula is C49H31N. The van der Waals surface area contributed by atoms with E-state index in [1.54, 1.807) is 0 Å². The molecule has 10 rings (SSSR count). The lowest BCUT2D eigenvalue weighted by Gasteiger charge is -2.19. The monoisotopic (exact) mass is 633 g/mol. The number of fused-ring (bicyclic) bond motifs is 5. The van der Waals surface area contributed by atoms with Crippen molar-refractivity contribution in [1.29, 1.82) is 0 Å². The predicted molar refractivity (Wildman–Crippen MR) is 214 cm³/mol. The highest BCUT2D eigenvalue weighted by Crippen LogP contribution is 2.45. The SMILES string of the molecule is c1cc(-c2ccc3c(-c4ccc5ccccc5c4)c4ccccc4c(-c4ccc5ccccc5c4)c3c2)nc(-c2cccc3ccccc23)c1. The van der Waals surface area contributed by atoms with Crippen LogP contribution in [0.1, 0.15) is 0 Å². The minimum atomic E-state index is 0.960. The van der Waals surface area contributed by atoms with E-state index in [1.807, 2.05) is 0 Å². The molecule has 1 heteroatoms. The van der Waals surface area contributed by atoms with Crippen LogP contribution >= 0.6 is 0 Å². The fourth-order valence-corrected chi connectivity index (χ4v) is 7.84. The summed E-state index contributed by atoms with van der Waals surface area (Å²) in [4.78, 5) is 5.29. The minimum Gasteiger partial charge on any atom is -0.248 e. The molecule has 0 spiro atoms. The molecule has 1 nitrogen and oxygen atoms in total. The van der Waals surface area contributed by atoms with Crippen molar-refractivity contribution in [3.63, 3.8) is 0 Å². The Morgan fingerprint density at radius 3 is 1.42 bits per heavy atom. The molecule has 0 N–H and O–H groups in total. The largest absolute Gasteiger partial charge is 0.248 e. The lowest BCUT2D eigenvalue weighted by atomic mass is 9.84. The van der Waals surface area contributed by atoms with Crippen LogP contribution in [0.4, 0.5) is 0 Å². The number of rotatable bonds is 4. The molecule has 0 fully saturated rings. The van der Waals surface area contributed by atoms with Crippen LogP contribution in [-0.4, -0.2) is 4.98 Å². The summed E-state index contributed by atoms with van der Waals surface area (Å²) >= 11 is 0. The first-order chi connectivity index (χ1) is 24.8. The molecule has 0 saturated carbocycles. The molecule has 0 unspecified atom stereocenters. The van der Waals surface area contributed by atoms with E-state index in [0.717, 1.165) is 22.5 Å². The van der Waals surface area contributed by atoms with E-state index < -0.39 is 0 Å². The zero-order chi connectivity index (χ0) is 33.0. The number of nitrogens with zero attached hydrogens (tertiary/aromatic N) is 1. The molecule has 0 aliphatic carbocycles. The first-order valence-corrected chi connectivity index (χ1v) is 17.2. The van der Waals surface area contributed by atoms with Crippen molar-refractivity contribution in [1.82, 2.24) is 4.98 Å². The van der Waals surface area contributed by atoms with Crippen LogP contribution in [0, 0.1) is 0 Å². The van der Waals surface area contributed by atoms with E-state index in [-0.39, 0.29) is 0 Å². The Kier molecular flexibility index (Phi) is 6.57. The molecule has 0 radical (unpaired) electrons. The molecule has 0 saturated heterocycles. The van der Waals surface area contributed by atoms with E-state index in [0.29, 0.717) is 0 Å². The summed E-state index contributed by atoms with van der Waals surface area (Å²) in [6.07, 6.45) is 0. The van der Waals surface area contributed by atoms with Gasteiger partial charge in [-0.15, -0.1) is 0 Å². The molecule has 1 heterocycles. The summed E-state index contributed by atoms with van der Waals surface area (Å²) < 4.78 is 0. The van der Waals surface area contributed by atoms with E-state index in [4.69, 9.17) is 4.98 Å². The van der Waals surface area contributed by atoms with Gasteiger partial charge in [0, 0.05) is 11.1 Å². The quantitative estimate of drug-likeness (QED) is 0.176. The van der Waals surface area contributed by atoms with Crippen LogP contribution < -0.4 is 0 Å². The van der Waals surface area contributed by atoms with Crippen molar-refractivity contribution in [2.75, 3.05) is 0 Å². The van der Waals surface area contributed by atoms with Gasteiger partial charge in [0.1, 0.15) is 0 Å². The maximum Gasteiger partial charge on any atom is 0.0715 e. The lowest BCUT2D eigenvalue weighted by Crippen LogP contribution is -1.93. The minimum absolute atomic E-state index is 0.960. The highest BCUT2D eigenvalue weighted by molar-refractivity contribution is 6.22. The Bertz CT molecular complexity index is 2930. The van der Waals surface area contributed by atoms with Gasteiger partial charge in [0.05, 0.1) is 11.4 Å². The second kappa shape index (κ2) is 11.5. The standard InChI is InChI=1S/C49H31N/c1-3-14-35-29-38(25-23-32(35)11-1)48-42-18-7-8-19-43(42)49(39-26-24-33-12-2-4-15-36(33)30-39)45-31-37(27-28-44(45)48)46-21-10-22-47(50-46)41-20-9-16-34-13-5-6-17-40(34)41/h1-31H. The number of hydrogen-bond donors (Lipinski definition) is 0. The molecule has 0 aliphatic rings. The number of aromatic nitrogens is 1. The van der Waals surface area contributed by atoms with E-state index >= 15 is 0 Å². The normalized spacial score (nSPS) is 11.6. The Balaban J connectivity index is 1.26. The van der Waals surface area contributed by atoms with Crippen molar-refractivity contribution in [2.45, 2.75) is 0 Å². The second-order valence-corrected chi connectivity index (χ2v) is 13.1. The molecule has 0 aliphatic heterocycles. The molecule has 10 aromatic rings. The summed E-state index contributed by atoms with van der Waals surface area (Å²) in [7, 11) is 0. The number of benzene rings is 9. The van der Waals surface area contributed by atoms with Gasteiger partial charge in [-0.25, -0.2) is 4.98 Å². The van der Waals surface area contributed by atoms with Gasteiger partial charge in [-0.05, 0) is 106 Å². The zero-order valence-electron chi connectivity index (χ0n) is 27.3. The van der Waals surface area contributed by atoms with Crippen molar-refractivity contribution >= 4 is 53.9 Å². The summed E-state index contributed by atoms with van der Waals surface area (Å²) in [5.74, 6) is 0. The molecule has 0 atom stereocenters. The van der Waals surface area contributed by atoms with Crippen LogP contribution in [0.5, 0.6) is 0 Å². The fourth-order valence-electron chi connectivity index (χ4n) is 7.84. The Morgan fingerprint density at radius 1 is 0.260 bits per heavy atom. The highest BCUT2D eigenvalue weighted by Gasteiger charge is 2.18. The van der Waals surface area contributed by atoms with Crippen molar-refractivity contribution in [3.8, 4) is 44.8 Å². The van der Waals surface area contributed by atoms with Gasteiger partial charge in [0.15, 0.2) is 0 Å². The third-order valence-corrected chi connectivity index (χ3v) is 10.2. The van der Waals surface area contributed by atoms with Crippen molar-refractivity contribution in [2.24, 2.45) is 0 Å². The van der Waals surface area contributed by atoms with Gasteiger partial charge < -0.3 is 0 Å². The molecule has 50 heavy (non-hydrogen) atoms. The van der Waals surface area contributed by atoms with Crippen LogP contribution in [0.3, 0.4) is 0 Å². The van der Waals surface area contributed by atoms with E-state index in [9.17, 15) is 0 Å². The maximum atomic E-state index is 5.29. The Hall–Kier alpha value is -6.57. The van der Waals surface area contributed by atoms with Gasteiger partial charge in [-0.2, -0.15) is 0 Å². The maximum absolute atomic E-state index is 5.29. The highest BCUT2D eigenvalue weighted by atomic mass is 14.7. The summed E-state index contributed by atoms with van der Waals surface area (Å²) in [6, 6.07) is 68.2. The molecule has 0 bridgehead atoms. The second-order valence-electron chi connectivity index (χ2n) is 13.1. The molecule has 9 aromatic carbocycles. The molecule has 1 aromatic heterocycles. The van der Waals surface area contributed by atoms with Crippen molar-refractivity contribution in [3.05, 3.63) is 188 Å².